The molecular formula is C22H22N2O6S2. The molecule has 0 saturated carbocycles. The van der Waals surface area contributed by atoms with Crippen molar-refractivity contribution in [2.45, 2.75) is 41.1 Å². The Bertz CT molecular complexity index is 1030. The summed E-state index contributed by atoms with van der Waals surface area (Å²) in [7, 11) is 0. The summed E-state index contributed by atoms with van der Waals surface area (Å²) in [5.74, 6) is -3.10. The third kappa shape index (κ3) is 4.35. The van der Waals surface area contributed by atoms with Gasteiger partial charge in [0.2, 0.25) is 5.91 Å². The maximum Gasteiger partial charge on any atom is 0.327 e. The number of hydrogen-bond donors (Lipinski definition) is 2. The van der Waals surface area contributed by atoms with Gasteiger partial charge in [-0.3, -0.25) is 4.79 Å². The number of carboxylic acid groups (broad SMARTS) is 2. The van der Waals surface area contributed by atoms with Gasteiger partial charge in [-0.15, -0.1) is 23.5 Å². The maximum absolute atomic E-state index is 12.4. The first-order chi connectivity index (χ1) is 15.3. The number of carbonyl (C=O) groups is 3. The van der Waals surface area contributed by atoms with Gasteiger partial charge in [0.1, 0.15) is 6.04 Å². The van der Waals surface area contributed by atoms with E-state index in [1.807, 2.05) is 53.4 Å². The summed E-state index contributed by atoms with van der Waals surface area (Å²) in [5.41, 5.74) is 1.85. The highest BCUT2D eigenvalue weighted by Gasteiger charge is 2.62. The van der Waals surface area contributed by atoms with E-state index in [-0.39, 0.29) is 17.0 Å². The number of rotatable bonds is 8. The van der Waals surface area contributed by atoms with E-state index in [2.05, 4.69) is 0 Å². The first-order valence-electron chi connectivity index (χ1n) is 10.1. The number of β-lactam (4-membered cyclic amide) rings is 1. The van der Waals surface area contributed by atoms with Crippen molar-refractivity contribution in [2.24, 2.45) is 5.92 Å². The fourth-order valence-electron chi connectivity index (χ4n) is 4.09. The minimum absolute atomic E-state index is 0.0934. The van der Waals surface area contributed by atoms with Crippen LogP contribution in [0.5, 0.6) is 0 Å². The number of thioether (sulfide) groups is 2. The van der Waals surface area contributed by atoms with Crippen molar-refractivity contribution in [3.8, 4) is 0 Å². The second-order valence-electron chi connectivity index (χ2n) is 7.85. The van der Waals surface area contributed by atoms with Gasteiger partial charge in [0, 0.05) is 28.3 Å². The number of benzene rings is 1. The highest BCUT2D eigenvalue weighted by molar-refractivity contribution is 8.00. The average molecular weight is 475 g/mol. The average Bonchev–Trinajstić information content (AvgIpc) is 3.09. The Hall–Kier alpha value is -2.56. The molecule has 8 nitrogen and oxygen atoms in total. The highest BCUT2D eigenvalue weighted by Crippen LogP contribution is 2.55. The van der Waals surface area contributed by atoms with Crippen LogP contribution in [0.1, 0.15) is 23.3 Å². The molecular weight excluding hydrogens is 452 g/mol. The van der Waals surface area contributed by atoms with Crippen molar-refractivity contribution in [1.29, 1.82) is 0 Å². The number of aliphatic hydroxyl groups excluding tert-OH is 1. The van der Waals surface area contributed by atoms with E-state index in [1.165, 1.54) is 28.4 Å². The molecule has 3 heterocycles. The van der Waals surface area contributed by atoms with Crippen molar-refractivity contribution < 1.29 is 34.3 Å². The summed E-state index contributed by atoms with van der Waals surface area (Å²) in [6, 6.07) is 10.4. The van der Waals surface area contributed by atoms with Gasteiger partial charge in [0.15, 0.2) is 18.9 Å². The molecule has 0 radical (unpaired) electrons. The number of hydrogen-bond acceptors (Lipinski definition) is 7. The monoisotopic (exact) mass is 474 g/mol. The molecule has 2 unspecified atom stereocenters. The van der Waals surface area contributed by atoms with Crippen LogP contribution in [0.2, 0.25) is 0 Å². The molecule has 32 heavy (non-hydrogen) atoms. The Kier molecular flexibility index (Phi) is 6.45. The second kappa shape index (κ2) is 9.13. The van der Waals surface area contributed by atoms with Gasteiger partial charge in [-0.25, -0.2) is 9.36 Å². The van der Waals surface area contributed by atoms with Crippen molar-refractivity contribution in [1.82, 2.24) is 4.90 Å². The Morgan fingerprint density at radius 1 is 1.22 bits per heavy atom. The van der Waals surface area contributed by atoms with Crippen molar-refractivity contribution in [3.05, 3.63) is 59.9 Å². The van der Waals surface area contributed by atoms with Crippen LogP contribution in [0, 0.1) is 5.92 Å². The topological polar surface area (TPSA) is 122 Å². The number of carboxylic acids is 2. The number of aliphatic carboxylic acids is 2. The summed E-state index contributed by atoms with van der Waals surface area (Å²) >= 11 is 2.62. The van der Waals surface area contributed by atoms with E-state index in [0.717, 1.165) is 16.0 Å². The highest BCUT2D eigenvalue weighted by atomic mass is 32.2. The van der Waals surface area contributed by atoms with Crippen LogP contribution in [0.15, 0.2) is 53.7 Å². The lowest BCUT2D eigenvalue weighted by Gasteiger charge is -2.44. The maximum atomic E-state index is 12.4. The summed E-state index contributed by atoms with van der Waals surface area (Å²) in [4.78, 5) is 37.1. The first kappa shape index (κ1) is 22.6. The number of pyridine rings is 1. The first-order valence-corrected chi connectivity index (χ1v) is 12.0. The molecule has 168 valence electrons. The fraction of sp³-hybridized carbons (Fsp3) is 0.364. The molecule has 0 spiro atoms. The third-order valence-corrected chi connectivity index (χ3v) is 8.26. The quantitative estimate of drug-likeness (QED) is 0.318. The van der Waals surface area contributed by atoms with E-state index < -0.39 is 35.3 Å². The Balaban J connectivity index is 1.45. The van der Waals surface area contributed by atoms with Crippen molar-refractivity contribution >= 4 is 41.4 Å². The second-order valence-corrected chi connectivity index (χ2v) is 10.2. The van der Waals surface area contributed by atoms with Crippen molar-refractivity contribution in [3.63, 3.8) is 0 Å². The SMILES string of the molecule is C[C@@H](O)[C@H]1C(=O)N2C(C(=O)O)C(c3ccc(C[n+]4ccc(SCC(=O)[O-])cc4)cc3)S[C@H]12. The molecule has 10 heteroatoms. The van der Waals surface area contributed by atoms with E-state index in [0.29, 0.717) is 6.54 Å². The van der Waals surface area contributed by atoms with Crippen molar-refractivity contribution in [2.75, 3.05) is 5.75 Å². The predicted molar refractivity (Wildman–Crippen MR) is 115 cm³/mol. The molecule has 1 aromatic heterocycles. The summed E-state index contributed by atoms with van der Waals surface area (Å²) in [6.07, 6.45) is 2.92. The molecule has 1 aromatic carbocycles. The molecule has 4 rings (SSSR count). The lowest BCUT2D eigenvalue weighted by molar-refractivity contribution is -0.688. The van der Waals surface area contributed by atoms with E-state index in [9.17, 15) is 29.7 Å². The van der Waals surface area contributed by atoms with E-state index in [4.69, 9.17) is 0 Å². The fourth-order valence-corrected chi connectivity index (χ4v) is 6.58. The Morgan fingerprint density at radius 3 is 2.44 bits per heavy atom. The van der Waals surface area contributed by atoms with E-state index >= 15 is 0 Å². The predicted octanol–water partition coefficient (Wildman–Crippen LogP) is 0.271. The zero-order chi connectivity index (χ0) is 23.0. The Labute approximate surface area is 193 Å². The van der Waals surface area contributed by atoms with Crippen LogP contribution in [-0.4, -0.2) is 56.2 Å². The van der Waals surface area contributed by atoms with Gasteiger partial charge in [-0.05, 0) is 12.5 Å². The van der Waals surface area contributed by atoms with Crippen LogP contribution >= 0.6 is 23.5 Å². The lowest BCUT2D eigenvalue weighted by atomic mass is 9.89. The largest absolute Gasteiger partial charge is 0.549 e. The number of aromatic nitrogens is 1. The van der Waals surface area contributed by atoms with Crippen LogP contribution < -0.4 is 9.67 Å². The van der Waals surface area contributed by atoms with Gasteiger partial charge >= 0.3 is 5.97 Å². The minimum atomic E-state index is -1.10. The molecule has 0 aliphatic carbocycles. The minimum Gasteiger partial charge on any atom is -0.549 e. The van der Waals surface area contributed by atoms with Crippen LogP contribution in [0.25, 0.3) is 0 Å². The summed E-state index contributed by atoms with van der Waals surface area (Å²) < 4.78 is 1.96. The molecule has 0 bridgehead atoms. The standard InChI is InChI=1S/C22H22N2O6S2/c1-12(25)17-20(28)24-18(22(29)30)19(32-21(17)24)14-4-2-13(3-5-14)10-23-8-6-15(7-9-23)31-11-16(26)27/h2-9,12,17-19,21,25H,10-11H2,1H3,(H-,26,27,29,30)/t12-,17+,18?,19?,21-/m1/s1. The zero-order valence-corrected chi connectivity index (χ0v) is 18.8. The smallest absolute Gasteiger partial charge is 0.327 e. The number of carbonyl (C=O) groups excluding carboxylic acids is 2. The van der Waals surface area contributed by atoms with Gasteiger partial charge in [0.25, 0.3) is 0 Å². The van der Waals surface area contributed by atoms with Gasteiger partial charge in [0.05, 0.1) is 28.6 Å². The molecule has 2 aliphatic heterocycles. The number of fused-ring (bicyclic) bond motifs is 1. The summed E-state index contributed by atoms with van der Waals surface area (Å²) in [5, 5.41) is 29.5. The number of amides is 1. The molecule has 2 saturated heterocycles. The van der Waals surface area contributed by atoms with Crippen LogP contribution in [-0.2, 0) is 20.9 Å². The number of nitrogens with zero attached hydrogens (tertiary/aromatic N) is 2. The molecule has 5 atom stereocenters. The molecule has 2 N–H and O–H groups in total. The van der Waals surface area contributed by atoms with Gasteiger partial charge < -0.3 is 25.0 Å². The van der Waals surface area contributed by atoms with Gasteiger partial charge in [-0.2, -0.15) is 0 Å². The Morgan fingerprint density at radius 2 is 1.88 bits per heavy atom. The number of aliphatic hydroxyl groups is 1. The van der Waals surface area contributed by atoms with Crippen LogP contribution in [0.4, 0.5) is 0 Å². The molecule has 1 amide bonds. The van der Waals surface area contributed by atoms with Crippen LogP contribution in [0.3, 0.4) is 0 Å². The molecule has 2 fully saturated rings. The molecule has 2 aromatic rings. The summed E-state index contributed by atoms with van der Waals surface area (Å²) in [6.45, 7) is 2.16. The third-order valence-electron chi connectivity index (χ3n) is 5.66. The van der Waals surface area contributed by atoms with E-state index in [1.54, 1.807) is 6.92 Å². The normalized spacial score (nSPS) is 25.2. The molecule has 2 aliphatic rings. The van der Waals surface area contributed by atoms with Gasteiger partial charge in [-0.1, -0.05) is 24.3 Å². The lowest BCUT2D eigenvalue weighted by Crippen LogP contribution is -2.64. The zero-order valence-electron chi connectivity index (χ0n) is 17.2.